The van der Waals surface area contributed by atoms with Crippen LogP contribution in [0.5, 0.6) is 0 Å². The van der Waals surface area contributed by atoms with Gasteiger partial charge in [-0.1, -0.05) is 250 Å². The molecule has 0 aromatic heterocycles. The Morgan fingerprint density at radius 2 is 0.712 bits per heavy atom. The summed E-state index contributed by atoms with van der Waals surface area (Å²) in [6, 6.07) is -0.561. The highest BCUT2D eigenvalue weighted by Crippen LogP contribution is 2.17. The fourth-order valence-electron chi connectivity index (χ4n) is 9.16. The highest BCUT2D eigenvalue weighted by molar-refractivity contribution is 5.76. The van der Waals surface area contributed by atoms with Crippen LogP contribution < -0.4 is 5.32 Å². The van der Waals surface area contributed by atoms with E-state index in [1.807, 2.05) is 0 Å². The third-order valence-corrected chi connectivity index (χ3v) is 13.7. The van der Waals surface area contributed by atoms with Crippen molar-refractivity contribution in [2.24, 2.45) is 0 Å². The van der Waals surface area contributed by atoms with Gasteiger partial charge in [-0.3, -0.25) is 9.59 Å². The van der Waals surface area contributed by atoms with Crippen LogP contribution in [0, 0.1) is 0 Å². The third-order valence-electron chi connectivity index (χ3n) is 13.7. The first-order valence-corrected chi connectivity index (χ1v) is 29.6. The van der Waals surface area contributed by atoms with Crippen LogP contribution in [0.1, 0.15) is 322 Å². The number of nitrogens with one attached hydrogen (secondary N) is 1. The van der Waals surface area contributed by atoms with Gasteiger partial charge in [-0.15, -0.1) is 0 Å². The van der Waals surface area contributed by atoms with Gasteiger partial charge in [-0.05, 0) is 83.5 Å². The van der Waals surface area contributed by atoms with Crippen LogP contribution in [0.2, 0.25) is 0 Å². The highest BCUT2D eigenvalue weighted by Gasteiger charge is 2.20. The minimum Gasteiger partial charge on any atom is -0.466 e. The number of esters is 1. The summed E-state index contributed by atoms with van der Waals surface area (Å²) < 4.78 is 5.47. The zero-order valence-electron chi connectivity index (χ0n) is 44.4. The SMILES string of the molecule is CCCCCCCC/C=C\CCCCCCCCCCCC(=O)OCCCCC/C=C\CCCCCCCC(=O)NC(CO)C(O)CCCCCCCCCCCCCCCCCCCC. The van der Waals surface area contributed by atoms with E-state index in [4.69, 9.17) is 4.74 Å². The van der Waals surface area contributed by atoms with Crippen LogP contribution in [-0.2, 0) is 14.3 Å². The fourth-order valence-corrected chi connectivity index (χ4v) is 9.16. The molecule has 3 N–H and O–H groups in total. The van der Waals surface area contributed by atoms with Crippen molar-refractivity contribution in [1.29, 1.82) is 0 Å². The number of hydrogen-bond acceptors (Lipinski definition) is 5. The number of rotatable bonds is 55. The van der Waals surface area contributed by atoms with Gasteiger partial charge in [0.25, 0.3) is 0 Å². The predicted octanol–water partition coefficient (Wildman–Crippen LogP) is 18.2. The van der Waals surface area contributed by atoms with Crippen molar-refractivity contribution in [3.8, 4) is 0 Å². The molecule has 2 atom stereocenters. The average molecular weight is 931 g/mol. The Kier molecular flexibility index (Phi) is 54.5. The Morgan fingerprint density at radius 3 is 1.08 bits per heavy atom. The second-order valence-corrected chi connectivity index (χ2v) is 20.3. The molecule has 0 spiro atoms. The second-order valence-electron chi connectivity index (χ2n) is 20.3. The standard InChI is InChI=1S/C60H115NO5/c1-3-5-7-9-11-13-15-17-19-21-23-25-27-29-34-38-42-46-50-54-60(65)66-55-51-47-43-39-35-31-30-33-37-41-45-49-53-59(64)61-57(56-62)58(63)52-48-44-40-36-32-28-26-24-22-20-18-16-14-12-10-8-6-4-2/h17,19,31,35,57-58,62-63H,3-16,18,20-30,32-34,36-56H2,1-2H3,(H,61,64)/b19-17-,35-31-. The Balaban J connectivity index is 3.48. The van der Waals surface area contributed by atoms with Crippen LogP contribution in [-0.4, -0.2) is 47.4 Å². The molecule has 66 heavy (non-hydrogen) atoms. The molecule has 0 aromatic carbocycles. The highest BCUT2D eigenvalue weighted by atomic mass is 16.5. The van der Waals surface area contributed by atoms with Gasteiger partial charge in [-0.25, -0.2) is 0 Å². The van der Waals surface area contributed by atoms with Crippen LogP contribution in [0.4, 0.5) is 0 Å². The zero-order chi connectivity index (χ0) is 47.9. The van der Waals surface area contributed by atoms with E-state index >= 15 is 0 Å². The van der Waals surface area contributed by atoms with Crippen molar-refractivity contribution in [2.45, 2.75) is 334 Å². The Hall–Kier alpha value is -1.66. The van der Waals surface area contributed by atoms with Gasteiger partial charge >= 0.3 is 5.97 Å². The summed E-state index contributed by atoms with van der Waals surface area (Å²) in [5.41, 5.74) is 0. The van der Waals surface area contributed by atoms with Gasteiger partial charge in [0.15, 0.2) is 0 Å². The van der Waals surface area contributed by atoms with Crippen molar-refractivity contribution in [3.63, 3.8) is 0 Å². The van der Waals surface area contributed by atoms with E-state index in [9.17, 15) is 19.8 Å². The third kappa shape index (κ3) is 51.7. The lowest BCUT2D eigenvalue weighted by molar-refractivity contribution is -0.143. The molecular formula is C60H115NO5. The topological polar surface area (TPSA) is 95.9 Å². The molecule has 6 nitrogen and oxygen atoms in total. The molecule has 0 aromatic rings. The molecule has 0 heterocycles. The summed E-state index contributed by atoms with van der Waals surface area (Å²) in [5, 5.41) is 23.3. The quantitative estimate of drug-likeness (QED) is 0.0321. The van der Waals surface area contributed by atoms with Crippen LogP contribution in [0.15, 0.2) is 24.3 Å². The molecule has 6 heteroatoms. The van der Waals surface area contributed by atoms with Crippen molar-refractivity contribution >= 4 is 11.9 Å². The van der Waals surface area contributed by atoms with Crippen molar-refractivity contribution < 1.29 is 24.5 Å². The fraction of sp³-hybridized carbons (Fsp3) is 0.900. The Labute approximate surface area is 411 Å². The maximum Gasteiger partial charge on any atom is 0.305 e. The lowest BCUT2D eigenvalue weighted by Gasteiger charge is -2.22. The first-order valence-electron chi connectivity index (χ1n) is 29.6. The summed E-state index contributed by atoms with van der Waals surface area (Å²) in [7, 11) is 0. The molecule has 1 amide bonds. The number of carbonyl (C=O) groups excluding carboxylic acids is 2. The van der Waals surface area contributed by atoms with E-state index in [1.54, 1.807) is 0 Å². The molecule has 0 aliphatic rings. The van der Waals surface area contributed by atoms with E-state index < -0.39 is 12.1 Å². The number of amides is 1. The molecule has 0 saturated heterocycles. The molecular weight excluding hydrogens is 815 g/mol. The molecule has 0 saturated carbocycles. The lowest BCUT2D eigenvalue weighted by Crippen LogP contribution is -2.45. The molecule has 0 fully saturated rings. The second kappa shape index (κ2) is 55.9. The summed E-state index contributed by atoms with van der Waals surface area (Å²) >= 11 is 0. The largest absolute Gasteiger partial charge is 0.466 e. The number of unbranched alkanes of at least 4 members (excludes halogenated alkanes) is 40. The minimum absolute atomic E-state index is 0.0225. The monoisotopic (exact) mass is 930 g/mol. The van der Waals surface area contributed by atoms with E-state index in [2.05, 4.69) is 43.5 Å². The predicted molar refractivity (Wildman–Crippen MR) is 287 cm³/mol. The Morgan fingerprint density at radius 1 is 0.409 bits per heavy atom. The van der Waals surface area contributed by atoms with E-state index in [-0.39, 0.29) is 18.5 Å². The van der Waals surface area contributed by atoms with Crippen LogP contribution >= 0.6 is 0 Å². The summed E-state index contributed by atoms with van der Waals surface area (Å²) in [5.74, 6) is -0.0811. The normalized spacial score (nSPS) is 12.7. The smallest absolute Gasteiger partial charge is 0.305 e. The summed E-state index contributed by atoms with van der Waals surface area (Å²) in [6.07, 6.45) is 67.4. The van der Waals surface area contributed by atoms with Gasteiger partial charge in [-0.2, -0.15) is 0 Å². The summed E-state index contributed by atoms with van der Waals surface area (Å²) in [6.45, 7) is 4.91. The average Bonchev–Trinajstić information content (AvgIpc) is 3.32. The Bertz CT molecular complexity index is 1030. The first kappa shape index (κ1) is 64.3. The number of aliphatic hydroxyl groups excluding tert-OH is 2. The van der Waals surface area contributed by atoms with Gasteiger partial charge in [0, 0.05) is 12.8 Å². The van der Waals surface area contributed by atoms with E-state index in [0.717, 1.165) is 77.0 Å². The van der Waals surface area contributed by atoms with Crippen molar-refractivity contribution in [1.82, 2.24) is 5.32 Å². The maximum atomic E-state index is 12.5. The van der Waals surface area contributed by atoms with Gasteiger partial charge in [0.1, 0.15) is 0 Å². The molecule has 0 bridgehead atoms. The lowest BCUT2D eigenvalue weighted by atomic mass is 10.0. The number of carbonyl (C=O) groups is 2. The van der Waals surface area contributed by atoms with Crippen LogP contribution in [0.25, 0.3) is 0 Å². The number of hydrogen-bond donors (Lipinski definition) is 3. The molecule has 390 valence electrons. The number of allylic oxidation sites excluding steroid dienone is 4. The summed E-state index contributed by atoms with van der Waals surface area (Å²) in [4.78, 5) is 24.6. The van der Waals surface area contributed by atoms with Gasteiger partial charge in [0.05, 0.1) is 25.4 Å². The molecule has 0 rings (SSSR count). The van der Waals surface area contributed by atoms with Crippen molar-refractivity contribution in [2.75, 3.05) is 13.2 Å². The van der Waals surface area contributed by atoms with Crippen LogP contribution in [0.3, 0.4) is 0 Å². The van der Waals surface area contributed by atoms with E-state index in [1.165, 1.54) is 212 Å². The number of aliphatic hydroxyl groups is 2. The van der Waals surface area contributed by atoms with E-state index in [0.29, 0.717) is 25.9 Å². The first-order chi connectivity index (χ1) is 32.5. The minimum atomic E-state index is -0.681. The molecule has 0 radical (unpaired) electrons. The molecule has 0 aliphatic carbocycles. The maximum absolute atomic E-state index is 12.5. The number of ether oxygens (including phenoxy) is 1. The molecule has 0 aliphatic heterocycles. The zero-order valence-corrected chi connectivity index (χ0v) is 44.4. The van der Waals surface area contributed by atoms with Gasteiger partial charge < -0.3 is 20.3 Å². The van der Waals surface area contributed by atoms with Gasteiger partial charge in [0.2, 0.25) is 5.91 Å². The molecule has 2 unspecified atom stereocenters. The van der Waals surface area contributed by atoms with Crippen molar-refractivity contribution in [3.05, 3.63) is 24.3 Å².